The molecule has 0 saturated heterocycles. The molecule has 0 fully saturated rings. The Bertz CT molecular complexity index is 2570. The molecule has 18 nitrogen and oxygen atoms in total. The van der Waals surface area contributed by atoms with Crippen molar-refractivity contribution in [2.75, 3.05) is 37.0 Å². The van der Waals surface area contributed by atoms with Gasteiger partial charge in [-0.2, -0.15) is 5.10 Å². The zero-order valence-electron chi connectivity index (χ0n) is 35.7. The van der Waals surface area contributed by atoms with E-state index in [1.165, 1.54) is 6.08 Å². The van der Waals surface area contributed by atoms with Gasteiger partial charge in [-0.05, 0) is 91.8 Å². The highest BCUT2D eigenvalue weighted by atomic mass is 16.6. The summed E-state index contributed by atoms with van der Waals surface area (Å²) in [6.07, 6.45) is 5.49. The summed E-state index contributed by atoms with van der Waals surface area (Å²) < 4.78 is 28.9. The Balaban J connectivity index is 1.47. The molecule has 18 heteroatoms. The molecule has 3 aromatic heterocycles. The Hall–Kier alpha value is -6.98. The fourth-order valence-electron chi connectivity index (χ4n) is 6.70. The van der Waals surface area contributed by atoms with Gasteiger partial charge in [-0.1, -0.05) is 12.2 Å². The van der Waals surface area contributed by atoms with Crippen molar-refractivity contribution in [1.29, 1.82) is 5.41 Å². The van der Waals surface area contributed by atoms with E-state index in [4.69, 9.17) is 34.3 Å². The van der Waals surface area contributed by atoms with E-state index < -0.39 is 29.4 Å². The van der Waals surface area contributed by atoms with E-state index in [9.17, 15) is 19.2 Å². The molecule has 0 radical (unpaired) electrons. The molecule has 0 aliphatic carbocycles. The topological polar surface area (TPSA) is 219 Å². The van der Waals surface area contributed by atoms with Gasteiger partial charge in [0.25, 0.3) is 11.8 Å². The zero-order valence-corrected chi connectivity index (χ0v) is 35.7. The van der Waals surface area contributed by atoms with E-state index in [-0.39, 0.29) is 67.3 Å². The standard InChI is InChI=1S/C43H52N10O8/c1-9-45-31(19-25(4)44)37(54)48-41-46-29-21-27(39(56)58-11-3)23-33-35(29)51(41)15-12-13-16-52-36-30(47-42(52)49-38(55)32-20-26(5)50-53(32)10-2)22-28(40(57)61-43(6,7)8)24-34(36)60-18-14-17-59-33/h12-13,19-24,44-45H,9-11,14-18H2,1-8H3,(H,46,48,54)(H,47,49,55)/b13-12+,31-19-,44-25?. The van der Waals surface area contributed by atoms with E-state index in [0.717, 1.165) is 0 Å². The average Bonchev–Trinajstić information content (AvgIpc) is 3.86. The fourth-order valence-corrected chi connectivity index (χ4v) is 6.70. The Labute approximate surface area is 352 Å². The highest BCUT2D eigenvalue weighted by Gasteiger charge is 2.26. The number of aromatic nitrogens is 6. The summed E-state index contributed by atoms with van der Waals surface area (Å²) in [5, 5.41) is 21.2. The first-order chi connectivity index (χ1) is 29.1. The van der Waals surface area contributed by atoms with Crippen LogP contribution in [-0.4, -0.2) is 90.3 Å². The normalized spacial score (nSPS) is 13.9. The largest absolute Gasteiger partial charge is 0.491 e. The zero-order chi connectivity index (χ0) is 44.0. The van der Waals surface area contributed by atoms with E-state index >= 15 is 0 Å². The van der Waals surface area contributed by atoms with Gasteiger partial charge in [-0.3, -0.25) is 24.9 Å². The molecule has 0 saturated carbocycles. The molecule has 5 aromatic rings. The number of anilines is 2. The molecule has 4 heterocycles. The lowest BCUT2D eigenvalue weighted by Gasteiger charge is -2.20. The predicted molar refractivity (Wildman–Crippen MR) is 230 cm³/mol. The molecule has 322 valence electrons. The average molecular weight is 837 g/mol. The lowest BCUT2D eigenvalue weighted by Crippen LogP contribution is -2.27. The van der Waals surface area contributed by atoms with Gasteiger partial charge in [0.15, 0.2) is 0 Å². The number of ether oxygens (including phenoxy) is 4. The summed E-state index contributed by atoms with van der Waals surface area (Å²) in [6, 6.07) is 8.07. The van der Waals surface area contributed by atoms with Crippen molar-refractivity contribution >= 4 is 63.4 Å². The minimum atomic E-state index is -0.765. The van der Waals surface area contributed by atoms with Crippen LogP contribution in [0, 0.1) is 12.3 Å². The van der Waals surface area contributed by atoms with Crippen LogP contribution >= 0.6 is 0 Å². The first-order valence-corrected chi connectivity index (χ1v) is 20.2. The van der Waals surface area contributed by atoms with Gasteiger partial charge in [0, 0.05) is 38.3 Å². The lowest BCUT2D eigenvalue weighted by atomic mass is 10.1. The van der Waals surface area contributed by atoms with Crippen LogP contribution in [0.3, 0.4) is 0 Å². The number of esters is 2. The highest BCUT2D eigenvalue weighted by Crippen LogP contribution is 2.34. The van der Waals surface area contributed by atoms with E-state index in [0.29, 0.717) is 64.5 Å². The molecule has 4 N–H and O–H groups in total. The third-order valence-electron chi connectivity index (χ3n) is 9.16. The molecule has 0 spiro atoms. The van der Waals surface area contributed by atoms with Crippen molar-refractivity contribution < 1.29 is 38.1 Å². The summed E-state index contributed by atoms with van der Waals surface area (Å²) in [4.78, 5) is 63.4. The van der Waals surface area contributed by atoms with Crippen molar-refractivity contribution in [2.24, 2.45) is 0 Å². The number of carbonyl (C=O) groups excluding carboxylic acids is 4. The van der Waals surface area contributed by atoms with Gasteiger partial charge in [0.05, 0.1) is 47.7 Å². The van der Waals surface area contributed by atoms with Crippen LogP contribution in [0.2, 0.25) is 0 Å². The number of allylic oxidation sites excluding steroid dienone is 3. The molecular weight excluding hydrogens is 785 g/mol. The number of hydrogen-bond acceptors (Lipinski definition) is 13. The van der Waals surface area contributed by atoms with Gasteiger partial charge >= 0.3 is 11.9 Å². The molecule has 6 rings (SSSR count). The summed E-state index contributed by atoms with van der Waals surface area (Å²) in [5.41, 5.74) is 2.83. The van der Waals surface area contributed by atoms with Crippen molar-refractivity contribution in [3.05, 3.63) is 76.8 Å². The Kier molecular flexibility index (Phi) is 13.2. The van der Waals surface area contributed by atoms with Gasteiger partial charge in [-0.15, -0.1) is 0 Å². The fraction of sp³-hybridized carbons (Fsp3) is 0.395. The maximum Gasteiger partial charge on any atom is 0.338 e. The van der Waals surface area contributed by atoms with Gasteiger partial charge in [0.2, 0.25) is 11.9 Å². The first-order valence-electron chi connectivity index (χ1n) is 20.2. The molecule has 2 aromatic carbocycles. The monoisotopic (exact) mass is 836 g/mol. The number of carbonyl (C=O) groups is 4. The predicted octanol–water partition coefficient (Wildman–Crippen LogP) is 6.18. The Morgan fingerprint density at radius 2 is 1.43 bits per heavy atom. The number of amides is 2. The third-order valence-corrected chi connectivity index (χ3v) is 9.16. The maximum absolute atomic E-state index is 13.8. The van der Waals surface area contributed by atoms with Crippen LogP contribution < -0.4 is 25.4 Å². The summed E-state index contributed by atoms with van der Waals surface area (Å²) in [6.45, 7) is 15.9. The van der Waals surface area contributed by atoms with E-state index in [2.05, 4.69) is 21.0 Å². The molecule has 1 aliphatic heterocycles. The summed E-state index contributed by atoms with van der Waals surface area (Å²) in [5.74, 6) is -1.06. The second-order valence-electron chi connectivity index (χ2n) is 15.2. The maximum atomic E-state index is 13.8. The molecule has 0 atom stereocenters. The van der Waals surface area contributed by atoms with E-state index in [1.54, 1.807) is 78.8 Å². The van der Waals surface area contributed by atoms with Crippen LogP contribution in [0.1, 0.15) is 91.8 Å². The van der Waals surface area contributed by atoms with Crippen LogP contribution in [0.15, 0.2) is 54.3 Å². The minimum Gasteiger partial charge on any atom is -0.491 e. The van der Waals surface area contributed by atoms with Gasteiger partial charge in [-0.25, -0.2) is 19.6 Å². The third kappa shape index (κ3) is 10.1. The molecule has 2 amide bonds. The SMILES string of the molecule is CCN/C(=C\C(C)=N)C(=O)Nc1nc2cc(C(=O)OCC)cc3c2n1C/C=C/Cn1c(NC(=O)c2cc(C)nn2CC)nc2cc(C(=O)OC(C)(C)C)cc(c21)OCCCO3. The number of nitrogens with one attached hydrogen (secondary N) is 4. The van der Waals surface area contributed by atoms with Crippen LogP contribution in [0.25, 0.3) is 22.1 Å². The van der Waals surface area contributed by atoms with Gasteiger partial charge in [0.1, 0.15) is 39.5 Å². The first kappa shape index (κ1) is 43.6. The van der Waals surface area contributed by atoms with Crippen LogP contribution in [-0.2, 0) is 33.9 Å². The number of imidazole rings is 2. The van der Waals surface area contributed by atoms with Gasteiger partial charge < -0.3 is 38.8 Å². The smallest absolute Gasteiger partial charge is 0.338 e. The molecular formula is C43H52N10O8. The summed E-state index contributed by atoms with van der Waals surface area (Å²) in [7, 11) is 0. The number of aryl methyl sites for hydroxylation is 2. The number of nitrogens with zero attached hydrogens (tertiary/aromatic N) is 6. The van der Waals surface area contributed by atoms with Crippen molar-refractivity contribution in [1.82, 2.24) is 34.2 Å². The number of likely N-dealkylation sites (N-methyl/N-ethyl adjacent to an activating group) is 1. The Morgan fingerprint density at radius 3 is 1.95 bits per heavy atom. The second kappa shape index (κ2) is 18.5. The highest BCUT2D eigenvalue weighted by molar-refractivity contribution is 6.08. The quantitative estimate of drug-likeness (QED) is 0.0507. The number of hydrogen-bond donors (Lipinski definition) is 4. The van der Waals surface area contributed by atoms with Crippen molar-refractivity contribution in [2.45, 2.75) is 87.0 Å². The van der Waals surface area contributed by atoms with Crippen molar-refractivity contribution in [3.63, 3.8) is 0 Å². The molecule has 0 unspecified atom stereocenters. The lowest BCUT2D eigenvalue weighted by molar-refractivity contribution is -0.113. The molecule has 61 heavy (non-hydrogen) atoms. The second-order valence-corrected chi connectivity index (χ2v) is 15.2. The minimum absolute atomic E-state index is 0.135. The number of benzene rings is 2. The van der Waals surface area contributed by atoms with Crippen LogP contribution in [0.5, 0.6) is 11.5 Å². The number of rotatable bonds is 11. The summed E-state index contributed by atoms with van der Waals surface area (Å²) >= 11 is 0. The van der Waals surface area contributed by atoms with E-state index in [1.807, 2.05) is 32.9 Å². The Morgan fingerprint density at radius 1 is 0.852 bits per heavy atom. The molecule has 1 aliphatic rings. The van der Waals surface area contributed by atoms with Crippen molar-refractivity contribution in [3.8, 4) is 11.5 Å². The molecule has 0 bridgehead atoms. The van der Waals surface area contributed by atoms with Crippen LogP contribution in [0.4, 0.5) is 11.9 Å².